The quantitative estimate of drug-likeness (QED) is 0.472. The standard InChI is InChI=1S/C10H9N5S/c11-9(12)7-2-5-13-6-8(7)16-10-14-3-1-4-15-10/h1-6H,(H3,11,12). The van der Waals surface area contributed by atoms with Crippen LogP contribution in [0.1, 0.15) is 5.56 Å². The highest BCUT2D eigenvalue weighted by atomic mass is 32.2. The van der Waals surface area contributed by atoms with Crippen molar-refractivity contribution in [2.45, 2.75) is 10.1 Å². The van der Waals surface area contributed by atoms with Gasteiger partial charge in [0.2, 0.25) is 0 Å². The van der Waals surface area contributed by atoms with Gasteiger partial charge in [-0.1, -0.05) is 0 Å². The third-order valence-corrected chi connectivity index (χ3v) is 2.76. The van der Waals surface area contributed by atoms with E-state index in [-0.39, 0.29) is 5.84 Å². The molecule has 0 aliphatic rings. The summed E-state index contributed by atoms with van der Waals surface area (Å²) in [6.07, 6.45) is 6.59. The van der Waals surface area contributed by atoms with Crippen molar-refractivity contribution in [1.29, 1.82) is 5.41 Å². The van der Waals surface area contributed by atoms with Gasteiger partial charge < -0.3 is 5.73 Å². The molecular weight excluding hydrogens is 222 g/mol. The van der Waals surface area contributed by atoms with E-state index < -0.39 is 0 Å². The minimum atomic E-state index is 0.0147. The number of nitrogen functional groups attached to an aromatic ring is 1. The first kappa shape index (κ1) is 10.6. The molecule has 0 atom stereocenters. The second kappa shape index (κ2) is 4.71. The molecule has 0 aliphatic carbocycles. The molecule has 6 heteroatoms. The number of nitrogens with one attached hydrogen (secondary N) is 1. The molecule has 0 aliphatic heterocycles. The molecule has 80 valence electrons. The maximum absolute atomic E-state index is 7.44. The molecule has 0 bridgehead atoms. The van der Waals surface area contributed by atoms with Gasteiger partial charge in [-0.25, -0.2) is 9.97 Å². The lowest BCUT2D eigenvalue weighted by Crippen LogP contribution is -2.12. The average Bonchev–Trinajstić information content (AvgIpc) is 2.31. The molecule has 2 heterocycles. The molecule has 2 rings (SSSR count). The Hall–Kier alpha value is -1.95. The van der Waals surface area contributed by atoms with Crippen LogP contribution in [-0.4, -0.2) is 20.8 Å². The molecule has 0 saturated heterocycles. The minimum Gasteiger partial charge on any atom is -0.384 e. The first-order chi connectivity index (χ1) is 7.77. The summed E-state index contributed by atoms with van der Waals surface area (Å²) in [6, 6.07) is 3.45. The van der Waals surface area contributed by atoms with E-state index in [9.17, 15) is 0 Å². The molecule has 2 aromatic rings. The molecule has 0 amide bonds. The minimum absolute atomic E-state index is 0.0147. The van der Waals surface area contributed by atoms with Crippen molar-refractivity contribution in [1.82, 2.24) is 15.0 Å². The van der Waals surface area contributed by atoms with Crippen LogP contribution in [0.5, 0.6) is 0 Å². The SMILES string of the molecule is N=C(N)c1ccncc1Sc1ncccn1. The number of amidine groups is 1. The number of rotatable bonds is 3. The van der Waals surface area contributed by atoms with Gasteiger partial charge in [0.1, 0.15) is 5.84 Å². The lowest BCUT2D eigenvalue weighted by molar-refractivity contribution is 0.965. The smallest absolute Gasteiger partial charge is 0.192 e. The van der Waals surface area contributed by atoms with Crippen molar-refractivity contribution >= 4 is 17.6 Å². The maximum atomic E-state index is 7.44. The summed E-state index contributed by atoms with van der Waals surface area (Å²) in [5, 5.41) is 8.05. The summed E-state index contributed by atoms with van der Waals surface area (Å²) in [5.41, 5.74) is 6.12. The van der Waals surface area contributed by atoms with Gasteiger partial charge in [0.15, 0.2) is 5.16 Å². The van der Waals surface area contributed by atoms with Crippen LogP contribution in [0.25, 0.3) is 0 Å². The predicted octanol–water partition coefficient (Wildman–Crippen LogP) is 1.31. The zero-order valence-corrected chi connectivity index (χ0v) is 9.11. The molecule has 0 saturated carbocycles. The number of pyridine rings is 1. The Morgan fingerprint density at radius 2 is 2.00 bits per heavy atom. The lowest BCUT2D eigenvalue weighted by Gasteiger charge is -2.04. The van der Waals surface area contributed by atoms with Crippen molar-refractivity contribution in [2.24, 2.45) is 5.73 Å². The summed E-state index contributed by atoms with van der Waals surface area (Å²) in [6.45, 7) is 0. The predicted molar refractivity (Wildman–Crippen MR) is 61.4 cm³/mol. The van der Waals surface area contributed by atoms with Crippen LogP contribution < -0.4 is 5.73 Å². The van der Waals surface area contributed by atoms with Gasteiger partial charge in [-0.15, -0.1) is 0 Å². The van der Waals surface area contributed by atoms with Crippen molar-refractivity contribution in [3.63, 3.8) is 0 Å². The van der Waals surface area contributed by atoms with Gasteiger partial charge in [0.25, 0.3) is 0 Å². The maximum Gasteiger partial charge on any atom is 0.192 e. The van der Waals surface area contributed by atoms with E-state index in [0.29, 0.717) is 10.7 Å². The number of nitrogens with zero attached hydrogens (tertiary/aromatic N) is 3. The molecule has 5 nitrogen and oxygen atoms in total. The molecular formula is C10H9N5S. The molecule has 2 aromatic heterocycles. The summed E-state index contributed by atoms with van der Waals surface area (Å²) < 4.78 is 0. The monoisotopic (exact) mass is 231 g/mol. The van der Waals surface area contributed by atoms with Gasteiger partial charge in [-0.2, -0.15) is 0 Å². The Morgan fingerprint density at radius 3 is 2.69 bits per heavy atom. The Labute approximate surface area is 96.7 Å². The van der Waals surface area contributed by atoms with Crippen LogP contribution in [-0.2, 0) is 0 Å². The van der Waals surface area contributed by atoms with E-state index >= 15 is 0 Å². The van der Waals surface area contributed by atoms with Crippen molar-refractivity contribution in [3.05, 3.63) is 42.5 Å². The lowest BCUT2D eigenvalue weighted by atomic mass is 10.2. The molecule has 0 unspecified atom stereocenters. The van der Waals surface area contributed by atoms with Crippen LogP contribution in [0.15, 0.2) is 47.0 Å². The number of nitrogens with two attached hydrogens (primary N) is 1. The van der Waals surface area contributed by atoms with Crippen LogP contribution in [0.2, 0.25) is 0 Å². The van der Waals surface area contributed by atoms with E-state index in [4.69, 9.17) is 11.1 Å². The third-order valence-electron chi connectivity index (χ3n) is 1.82. The first-order valence-electron chi connectivity index (χ1n) is 4.50. The number of hydrogen-bond acceptors (Lipinski definition) is 5. The number of aromatic nitrogens is 3. The molecule has 16 heavy (non-hydrogen) atoms. The Kier molecular flexibility index (Phi) is 3.11. The van der Waals surface area contributed by atoms with Gasteiger partial charge in [-0.3, -0.25) is 10.4 Å². The molecule has 0 aromatic carbocycles. The van der Waals surface area contributed by atoms with Gasteiger partial charge in [0.05, 0.1) is 0 Å². The first-order valence-corrected chi connectivity index (χ1v) is 5.32. The fourth-order valence-electron chi connectivity index (χ4n) is 1.12. The van der Waals surface area contributed by atoms with E-state index in [0.717, 1.165) is 4.90 Å². The second-order valence-electron chi connectivity index (χ2n) is 2.92. The second-order valence-corrected chi connectivity index (χ2v) is 3.93. The summed E-state index contributed by atoms with van der Waals surface area (Å²) in [5.74, 6) is 0.0147. The average molecular weight is 231 g/mol. The van der Waals surface area contributed by atoms with E-state index in [1.807, 2.05) is 0 Å². The Morgan fingerprint density at radius 1 is 1.25 bits per heavy atom. The summed E-state index contributed by atoms with van der Waals surface area (Å²) >= 11 is 1.34. The zero-order chi connectivity index (χ0) is 11.4. The van der Waals surface area contributed by atoms with Gasteiger partial charge in [-0.05, 0) is 23.9 Å². The van der Waals surface area contributed by atoms with E-state index in [1.54, 1.807) is 36.9 Å². The van der Waals surface area contributed by atoms with E-state index in [1.165, 1.54) is 11.8 Å². The van der Waals surface area contributed by atoms with Crippen LogP contribution >= 0.6 is 11.8 Å². The number of hydrogen-bond donors (Lipinski definition) is 2. The fraction of sp³-hybridized carbons (Fsp3) is 0. The third kappa shape index (κ3) is 2.34. The Balaban J connectivity index is 2.31. The van der Waals surface area contributed by atoms with Crippen LogP contribution in [0.3, 0.4) is 0 Å². The Bertz CT molecular complexity index is 500. The largest absolute Gasteiger partial charge is 0.384 e. The van der Waals surface area contributed by atoms with Crippen molar-refractivity contribution in [2.75, 3.05) is 0 Å². The molecule has 0 radical (unpaired) electrons. The van der Waals surface area contributed by atoms with Crippen LogP contribution in [0, 0.1) is 5.41 Å². The molecule has 0 spiro atoms. The van der Waals surface area contributed by atoms with Gasteiger partial charge >= 0.3 is 0 Å². The van der Waals surface area contributed by atoms with Crippen molar-refractivity contribution < 1.29 is 0 Å². The highest BCUT2D eigenvalue weighted by Gasteiger charge is 2.07. The van der Waals surface area contributed by atoms with Gasteiger partial charge in [0, 0.05) is 35.2 Å². The summed E-state index contributed by atoms with van der Waals surface area (Å²) in [7, 11) is 0. The molecule has 3 N–H and O–H groups in total. The normalized spacial score (nSPS) is 10.0. The highest BCUT2D eigenvalue weighted by molar-refractivity contribution is 7.99. The van der Waals surface area contributed by atoms with E-state index in [2.05, 4.69) is 15.0 Å². The fourth-order valence-corrected chi connectivity index (χ4v) is 1.95. The van der Waals surface area contributed by atoms with Crippen molar-refractivity contribution in [3.8, 4) is 0 Å². The highest BCUT2D eigenvalue weighted by Crippen LogP contribution is 2.26. The van der Waals surface area contributed by atoms with Crippen LogP contribution in [0.4, 0.5) is 0 Å². The molecule has 0 fully saturated rings. The summed E-state index contributed by atoms with van der Waals surface area (Å²) in [4.78, 5) is 12.9. The zero-order valence-electron chi connectivity index (χ0n) is 8.29. The topological polar surface area (TPSA) is 88.5 Å².